The summed E-state index contributed by atoms with van der Waals surface area (Å²) in [7, 11) is 0. The Morgan fingerprint density at radius 3 is 0.760 bits per heavy atom. The van der Waals surface area contributed by atoms with Crippen molar-refractivity contribution in [3.05, 3.63) is 60.8 Å². The van der Waals surface area contributed by atoms with Crippen molar-refractivity contribution in [2.24, 2.45) is 0 Å². The van der Waals surface area contributed by atoms with Crippen LogP contribution in [0.4, 0.5) is 0 Å². The van der Waals surface area contributed by atoms with E-state index >= 15 is 0 Å². The zero-order valence-corrected chi connectivity index (χ0v) is 50.1. The predicted octanol–water partition coefficient (Wildman–Crippen LogP) is 22.3. The first-order valence-corrected chi connectivity index (χ1v) is 32.8. The Kier molecular flexibility index (Phi) is 61.2. The smallest absolute Gasteiger partial charge is 0.306 e. The first kappa shape index (κ1) is 72.1. The van der Waals surface area contributed by atoms with Gasteiger partial charge in [-0.05, 0) is 109 Å². The highest BCUT2D eigenvalue weighted by Crippen LogP contribution is 2.16. The van der Waals surface area contributed by atoms with Gasteiger partial charge in [0.05, 0.1) is 0 Å². The van der Waals surface area contributed by atoms with Gasteiger partial charge in [-0.2, -0.15) is 0 Å². The molecule has 1 unspecified atom stereocenters. The number of rotatable bonds is 60. The SMILES string of the molecule is CCCCCCC/C=C\C/C=C\C/C=C\CCCCCCCCC(=O)OCC(COC(=O)CCCCCCC/C=C\CCCCCCCC)OC(=O)CCCCCCCCCCC/C=C\CCCCCCCCCC. The summed E-state index contributed by atoms with van der Waals surface area (Å²) in [5.41, 5.74) is 0. The Morgan fingerprint density at radius 2 is 0.480 bits per heavy atom. The number of unbranched alkanes of at least 4 members (excludes halogenated alkanes) is 39. The molecular formula is C69H124O6. The molecule has 0 bridgehead atoms. The number of carbonyl (C=O) groups is 3. The van der Waals surface area contributed by atoms with Crippen LogP contribution in [0.1, 0.15) is 342 Å². The third-order valence-electron chi connectivity index (χ3n) is 14.5. The molecule has 0 aromatic carbocycles. The highest BCUT2D eigenvalue weighted by molar-refractivity contribution is 5.71. The van der Waals surface area contributed by atoms with Crippen LogP contribution in [0.2, 0.25) is 0 Å². The maximum Gasteiger partial charge on any atom is 0.306 e. The summed E-state index contributed by atoms with van der Waals surface area (Å²) >= 11 is 0. The zero-order valence-electron chi connectivity index (χ0n) is 50.1. The van der Waals surface area contributed by atoms with Crippen molar-refractivity contribution in [2.75, 3.05) is 13.2 Å². The van der Waals surface area contributed by atoms with Crippen molar-refractivity contribution in [3.63, 3.8) is 0 Å². The lowest BCUT2D eigenvalue weighted by molar-refractivity contribution is -0.167. The van der Waals surface area contributed by atoms with Crippen LogP contribution < -0.4 is 0 Å². The molecule has 0 aliphatic rings. The topological polar surface area (TPSA) is 78.9 Å². The summed E-state index contributed by atoms with van der Waals surface area (Å²) in [6.07, 6.45) is 80.8. The van der Waals surface area contributed by atoms with Crippen molar-refractivity contribution >= 4 is 17.9 Å². The Morgan fingerprint density at radius 1 is 0.267 bits per heavy atom. The highest BCUT2D eigenvalue weighted by Gasteiger charge is 2.19. The Bertz CT molecular complexity index is 1340. The molecule has 1 atom stereocenters. The number of carbonyl (C=O) groups excluding carboxylic acids is 3. The first-order chi connectivity index (χ1) is 37.0. The molecule has 0 saturated heterocycles. The number of ether oxygens (including phenoxy) is 3. The summed E-state index contributed by atoms with van der Waals surface area (Å²) in [5.74, 6) is -0.887. The molecule has 6 nitrogen and oxygen atoms in total. The summed E-state index contributed by atoms with van der Waals surface area (Å²) in [5, 5.41) is 0. The molecule has 6 heteroatoms. The fourth-order valence-electron chi connectivity index (χ4n) is 9.50. The molecule has 0 spiro atoms. The second-order valence-corrected chi connectivity index (χ2v) is 22.0. The van der Waals surface area contributed by atoms with E-state index < -0.39 is 6.10 Å². The van der Waals surface area contributed by atoms with Gasteiger partial charge in [-0.3, -0.25) is 14.4 Å². The van der Waals surface area contributed by atoms with E-state index in [1.165, 1.54) is 218 Å². The van der Waals surface area contributed by atoms with Gasteiger partial charge in [0.1, 0.15) is 13.2 Å². The van der Waals surface area contributed by atoms with Gasteiger partial charge in [0.25, 0.3) is 0 Å². The van der Waals surface area contributed by atoms with Crippen molar-refractivity contribution < 1.29 is 28.6 Å². The summed E-state index contributed by atoms with van der Waals surface area (Å²) in [6, 6.07) is 0. The molecular weight excluding hydrogens is 925 g/mol. The molecule has 0 saturated carbocycles. The van der Waals surface area contributed by atoms with E-state index in [0.717, 1.165) is 83.5 Å². The summed E-state index contributed by atoms with van der Waals surface area (Å²) in [6.45, 7) is 6.65. The Balaban J connectivity index is 4.38. The van der Waals surface area contributed by atoms with E-state index in [1.54, 1.807) is 0 Å². The van der Waals surface area contributed by atoms with Gasteiger partial charge in [0.15, 0.2) is 6.10 Å². The molecule has 436 valence electrons. The summed E-state index contributed by atoms with van der Waals surface area (Å²) in [4.78, 5) is 38.3. The molecule has 0 amide bonds. The average Bonchev–Trinajstić information content (AvgIpc) is 3.41. The largest absolute Gasteiger partial charge is 0.462 e. The van der Waals surface area contributed by atoms with E-state index in [4.69, 9.17) is 14.2 Å². The molecule has 0 heterocycles. The van der Waals surface area contributed by atoms with E-state index in [9.17, 15) is 14.4 Å². The highest BCUT2D eigenvalue weighted by atomic mass is 16.6. The van der Waals surface area contributed by atoms with Gasteiger partial charge in [-0.25, -0.2) is 0 Å². The van der Waals surface area contributed by atoms with Gasteiger partial charge < -0.3 is 14.2 Å². The maximum absolute atomic E-state index is 12.9. The van der Waals surface area contributed by atoms with Gasteiger partial charge in [-0.15, -0.1) is 0 Å². The minimum atomic E-state index is -0.785. The molecule has 0 fully saturated rings. The number of allylic oxidation sites excluding steroid dienone is 10. The lowest BCUT2D eigenvalue weighted by atomic mass is 10.1. The van der Waals surface area contributed by atoms with Gasteiger partial charge in [0.2, 0.25) is 0 Å². The standard InChI is InChI=1S/C69H124O6/c1-4-7-10-13-16-19-22-25-28-30-32-34-36-38-41-44-47-50-53-56-59-62-68(71)74-65-66(64-73-67(70)61-58-55-52-49-46-43-40-27-24-21-18-15-12-9-6-3)75-69(72)63-60-57-54-51-48-45-42-39-37-35-33-31-29-26-23-20-17-14-11-8-5-2/h22,25,27,30-33,36,38,40,66H,4-21,23-24,26,28-29,34-35,37,39,41-65H2,1-3H3/b25-22-,32-30-,33-31-,38-36-,40-27-. The number of hydrogen-bond donors (Lipinski definition) is 0. The Hall–Kier alpha value is -2.89. The van der Waals surface area contributed by atoms with Crippen LogP contribution >= 0.6 is 0 Å². The average molecular weight is 1050 g/mol. The van der Waals surface area contributed by atoms with Crippen LogP contribution in [-0.4, -0.2) is 37.2 Å². The fraction of sp³-hybridized carbons (Fsp3) is 0.812. The van der Waals surface area contributed by atoms with Gasteiger partial charge in [0, 0.05) is 19.3 Å². The van der Waals surface area contributed by atoms with Gasteiger partial charge >= 0.3 is 17.9 Å². The summed E-state index contributed by atoms with van der Waals surface area (Å²) < 4.78 is 16.9. The quantitative estimate of drug-likeness (QED) is 0.0261. The van der Waals surface area contributed by atoms with Crippen molar-refractivity contribution in [1.82, 2.24) is 0 Å². The monoisotopic (exact) mass is 1050 g/mol. The number of hydrogen-bond acceptors (Lipinski definition) is 6. The van der Waals surface area contributed by atoms with E-state index in [1.807, 2.05) is 0 Å². The van der Waals surface area contributed by atoms with Crippen molar-refractivity contribution in [2.45, 2.75) is 348 Å². The van der Waals surface area contributed by atoms with Crippen molar-refractivity contribution in [3.8, 4) is 0 Å². The van der Waals surface area contributed by atoms with Crippen LogP contribution in [0.15, 0.2) is 60.8 Å². The van der Waals surface area contributed by atoms with E-state index in [0.29, 0.717) is 19.3 Å². The van der Waals surface area contributed by atoms with Crippen molar-refractivity contribution in [1.29, 1.82) is 0 Å². The minimum absolute atomic E-state index is 0.0820. The second-order valence-electron chi connectivity index (χ2n) is 22.0. The Labute approximate surface area is 466 Å². The normalized spacial score (nSPS) is 12.4. The maximum atomic E-state index is 12.9. The van der Waals surface area contributed by atoms with Crippen LogP contribution in [-0.2, 0) is 28.6 Å². The third-order valence-corrected chi connectivity index (χ3v) is 14.5. The van der Waals surface area contributed by atoms with Crippen LogP contribution in [0.5, 0.6) is 0 Å². The van der Waals surface area contributed by atoms with E-state index in [-0.39, 0.29) is 31.1 Å². The molecule has 0 aliphatic carbocycles. The predicted molar refractivity (Wildman–Crippen MR) is 325 cm³/mol. The van der Waals surface area contributed by atoms with Crippen LogP contribution in [0, 0.1) is 0 Å². The minimum Gasteiger partial charge on any atom is -0.462 e. The molecule has 0 N–H and O–H groups in total. The number of esters is 3. The lowest BCUT2D eigenvalue weighted by Gasteiger charge is -2.18. The lowest BCUT2D eigenvalue weighted by Crippen LogP contribution is -2.30. The van der Waals surface area contributed by atoms with E-state index in [2.05, 4.69) is 81.5 Å². The molecule has 0 radical (unpaired) electrons. The molecule has 0 rings (SSSR count). The zero-order chi connectivity index (χ0) is 54.3. The van der Waals surface area contributed by atoms with Gasteiger partial charge in [-0.1, -0.05) is 274 Å². The fourth-order valence-corrected chi connectivity index (χ4v) is 9.50. The molecule has 0 aromatic rings. The van der Waals surface area contributed by atoms with Crippen LogP contribution in [0.25, 0.3) is 0 Å². The third kappa shape index (κ3) is 61.8. The first-order valence-electron chi connectivity index (χ1n) is 32.8. The second kappa shape index (κ2) is 63.6. The molecule has 0 aromatic heterocycles. The molecule has 75 heavy (non-hydrogen) atoms. The van der Waals surface area contributed by atoms with Crippen LogP contribution in [0.3, 0.4) is 0 Å². The molecule has 0 aliphatic heterocycles.